The summed E-state index contributed by atoms with van der Waals surface area (Å²) in [7, 11) is 2.39. The van der Waals surface area contributed by atoms with E-state index in [9.17, 15) is 4.79 Å². The maximum absolute atomic E-state index is 11.3. The van der Waals surface area contributed by atoms with Crippen molar-refractivity contribution in [1.82, 2.24) is 0 Å². The standard InChI is InChI=1S/C15H23O4P/c16-15-8-11-13(17-9-14(11)18-15)7-6-12(19-20)10-4-2-1-3-5-10/h6-7,10-14H,1-5,8-9,20H2/t11-,12?,13-,14?/m1/s1. The Morgan fingerprint density at radius 3 is 2.85 bits per heavy atom. The molecule has 0 aromatic carbocycles. The van der Waals surface area contributed by atoms with E-state index in [1.165, 1.54) is 32.1 Å². The summed E-state index contributed by atoms with van der Waals surface area (Å²) in [6.45, 7) is 0.529. The van der Waals surface area contributed by atoms with Gasteiger partial charge in [0.25, 0.3) is 0 Å². The number of hydrogen-bond acceptors (Lipinski definition) is 4. The summed E-state index contributed by atoms with van der Waals surface area (Å²) >= 11 is 0. The minimum atomic E-state index is -0.0900. The van der Waals surface area contributed by atoms with Crippen molar-refractivity contribution in [3.05, 3.63) is 12.2 Å². The van der Waals surface area contributed by atoms with Gasteiger partial charge in [-0.15, -0.1) is 0 Å². The molecule has 112 valence electrons. The fourth-order valence-electron chi connectivity index (χ4n) is 3.64. The van der Waals surface area contributed by atoms with Crippen LogP contribution in [0, 0.1) is 11.8 Å². The Labute approximate surface area is 122 Å². The summed E-state index contributed by atoms with van der Waals surface area (Å²) < 4.78 is 16.5. The van der Waals surface area contributed by atoms with Crippen LogP contribution in [0.25, 0.3) is 0 Å². The first-order valence-corrected chi connectivity index (χ1v) is 8.10. The predicted molar refractivity (Wildman–Crippen MR) is 78.0 cm³/mol. The number of carbonyl (C=O) groups excluding carboxylic acids is 1. The third-order valence-electron chi connectivity index (χ3n) is 4.80. The van der Waals surface area contributed by atoms with Gasteiger partial charge in [-0.3, -0.25) is 4.79 Å². The lowest BCUT2D eigenvalue weighted by Crippen LogP contribution is -2.23. The van der Waals surface area contributed by atoms with Crippen LogP contribution in [0.15, 0.2) is 12.2 Å². The van der Waals surface area contributed by atoms with Gasteiger partial charge in [-0.05, 0) is 18.8 Å². The molecule has 3 rings (SSSR count). The van der Waals surface area contributed by atoms with Crippen molar-refractivity contribution in [3.63, 3.8) is 0 Å². The van der Waals surface area contributed by atoms with Gasteiger partial charge in [-0.25, -0.2) is 0 Å². The molecule has 3 fully saturated rings. The lowest BCUT2D eigenvalue weighted by Gasteiger charge is -2.27. The van der Waals surface area contributed by atoms with E-state index < -0.39 is 0 Å². The predicted octanol–water partition coefficient (Wildman–Crippen LogP) is 2.63. The number of esters is 1. The summed E-state index contributed by atoms with van der Waals surface area (Å²) in [5.41, 5.74) is 0. The molecular weight excluding hydrogens is 275 g/mol. The van der Waals surface area contributed by atoms with Crippen LogP contribution in [-0.4, -0.2) is 30.9 Å². The molecule has 5 atom stereocenters. The van der Waals surface area contributed by atoms with E-state index in [-0.39, 0.29) is 30.2 Å². The first-order valence-electron chi connectivity index (χ1n) is 7.63. The van der Waals surface area contributed by atoms with E-state index >= 15 is 0 Å². The molecular formula is C15H23O4P. The van der Waals surface area contributed by atoms with Gasteiger partial charge in [0.15, 0.2) is 0 Å². The summed E-state index contributed by atoms with van der Waals surface area (Å²) in [6, 6.07) is 0. The first-order chi connectivity index (χ1) is 9.78. The van der Waals surface area contributed by atoms with Crippen LogP contribution in [-0.2, 0) is 18.8 Å². The van der Waals surface area contributed by atoms with Gasteiger partial charge in [0.05, 0.1) is 25.2 Å². The number of hydrogen-bond donors (Lipinski definition) is 0. The highest BCUT2D eigenvalue weighted by Gasteiger charge is 2.45. The van der Waals surface area contributed by atoms with Crippen LogP contribution in [0.3, 0.4) is 0 Å². The summed E-state index contributed by atoms with van der Waals surface area (Å²) in [5.74, 6) is 0.708. The van der Waals surface area contributed by atoms with E-state index in [2.05, 4.69) is 21.6 Å². The second-order valence-electron chi connectivity index (χ2n) is 6.08. The van der Waals surface area contributed by atoms with Crippen molar-refractivity contribution >= 4 is 15.4 Å². The molecule has 0 N–H and O–H groups in total. The molecule has 0 aromatic heterocycles. The van der Waals surface area contributed by atoms with E-state index in [0.717, 1.165) is 0 Å². The minimum absolute atomic E-state index is 0.00214. The Morgan fingerprint density at radius 1 is 1.30 bits per heavy atom. The Hall–Kier alpha value is -0.440. The first kappa shape index (κ1) is 14.5. The monoisotopic (exact) mass is 298 g/mol. The number of ether oxygens (including phenoxy) is 2. The number of carbonyl (C=O) groups is 1. The van der Waals surface area contributed by atoms with Crippen molar-refractivity contribution in [1.29, 1.82) is 0 Å². The SMILES string of the molecule is O=C1C[C@H]2C(CO[C@@H]2C=CC(OP)C2CCCCC2)O1. The number of rotatable bonds is 4. The molecule has 0 radical (unpaired) electrons. The lowest BCUT2D eigenvalue weighted by atomic mass is 9.85. The Morgan fingerprint density at radius 2 is 2.10 bits per heavy atom. The Balaban J connectivity index is 1.59. The molecule has 2 saturated heterocycles. The summed E-state index contributed by atoms with van der Waals surface area (Å²) in [6.07, 6.45) is 11.2. The van der Waals surface area contributed by atoms with Gasteiger partial charge in [0, 0.05) is 15.4 Å². The molecule has 3 unspecified atom stereocenters. The average Bonchev–Trinajstić information content (AvgIpc) is 3.00. The molecule has 1 saturated carbocycles. The third-order valence-corrected chi connectivity index (χ3v) is 5.11. The van der Waals surface area contributed by atoms with E-state index in [1.807, 2.05) is 0 Å². The van der Waals surface area contributed by atoms with E-state index in [1.54, 1.807) is 0 Å². The van der Waals surface area contributed by atoms with Gasteiger partial charge in [0.2, 0.25) is 0 Å². The molecule has 1 aliphatic carbocycles. The third kappa shape index (κ3) is 3.08. The van der Waals surface area contributed by atoms with Crippen LogP contribution in [0.4, 0.5) is 0 Å². The van der Waals surface area contributed by atoms with Gasteiger partial charge >= 0.3 is 5.97 Å². The van der Waals surface area contributed by atoms with Gasteiger partial charge in [0.1, 0.15) is 6.10 Å². The normalized spacial score (nSPS) is 36.2. The van der Waals surface area contributed by atoms with Gasteiger partial charge in [-0.2, -0.15) is 0 Å². The maximum Gasteiger partial charge on any atom is 0.306 e. The summed E-state index contributed by atoms with van der Waals surface area (Å²) in [4.78, 5) is 11.3. The second-order valence-corrected chi connectivity index (χ2v) is 6.35. The summed E-state index contributed by atoms with van der Waals surface area (Å²) in [5, 5.41) is 0. The van der Waals surface area contributed by atoms with Crippen molar-refractivity contribution in [2.75, 3.05) is 6.61 Å². The van der Waals surface area contributed by atoms with Crippen LogP contribution < -0.4 is 0 Å². The highest BCUT2D eigenvalue weighted by Crippen LogP contribution is 2.35. The molecule has 5 heteroatoms. The second kappa shape index (κ2) is 6.55. The molecule has 0 bridgehead atoms. The minimum Gasteiger partial charge on any atom is -0.459 e. The highest BCUT2D eigenvalue weighted by atomic mass is 31.0. The zero-order valence-electron chi connectivity index (χ0n) is 11.7. The molecule has 0 spiro atoms. The van der Waals surface area contributed by atoms with E-state index in [4.69, 9.17) is 14.0 Å². The molecule has 4 nitrogen and oxygen atoms in total. The van der Waals surface area contributed by atoms with Gasteiger partial charge in [-0.1, -0.05) is 31.4 Å². The molecule has 0 aromatic rings. The van der Waals surface area contributed by atoms with E-state index in [0.29, 0.717) is 18.9 Å². The smallest absolute Gasteiger partial charge is 0.306 e. The van der Waals surface area contributed by atoms with Gasteiger partial charge < -0.3 is 14.0 Å². The van der Waals surface area contributed by atoms with Crippen LogP contribution in [0.2, 0.25) is 0 Å². The zero-order chi connectivity index (χ0) is 13.9. The largest absolute Gasteiger partial charge is 0.459 e. The van der Waals surface area contributed by atoms with Crippen molar-refractivity contribution in [3.8, 4) is 0 Å². The zero-order valence-corrected chi connectivity index (χ0v) is 12.9. The number of fused-ring (bicyclic) bond motifs is 1. The van der Waals surface area contributed by atoms with Crippen LogP contribution in [0.5, 0.6) is 0 Å². The maximum atomic E-state index is 11.3. The average molecular weight is 298 g/mol. The molecule has 20 heavy (non-hydrogen) atoms. The van der Waals surface area contributed by atoms with Crippen LogP contribution in [0.1, 0.15) is 38.5 Å². The fraction of sp³-hybridized carbons (Fsp3) is 0.800. The Bertz CT molecular complexity index is 378. The quantitative estimate of drug-likeness (QED) is 0.455. The lowest BCUT2D eigenvalue weighted by molar-refractivity contribution is -0.142. The highest BCUT2D eigenvalue weighted by molar-refractivity contribution is 7.09. The fourth-order valence-corrected chi connectivity index (χ4v) is 3.95. The molecule has 2 aliphatic heterocycles. The molecule has 3 aliphatic rings. The van der Waals surface area contributed by atoms with Crippen molar-refractivity contribution < 1.29 is 18.8 Å². The molecule has 0 amide bonds. The van der Waals surface area contributed by atoms with Crippen LogP contribution >= 0.6 is 9.47 Å². The Kier molecular flexibility index (Phi) is 4.75. The topological polar surface area (TPSA) is 44.8 Å². The van der Waals surface area contributed by atoms with Crippen molar-refractivity contribution in [2.45, 2.75) is 56.8 Å². The van der Waals surface area contributed by atoms with Crippen molar-refractivity contribution in [2.24, 2.45) is 11.8 Å². The molecule has 2 heterocycles.